The van der Waals surface area contributed by atoms with Crippen LogP contribution in [0, 0.1) is 0 Å². The molecule has 0 atom stereocenters. The van der Waals surface area contributed by atoms with Crippen molar-refractivity contribution in [2.45, 2.75) is 12.8 Å². The summed E-state index contributed by atoms with van der Waals surface area (Å²) < 4.78 is 6.57. The molecule has 0 N–H and O–H groups in total. The maximum atomic E-state index is 11.7. The monoisotopic (exact) mass is 324 g/mol. The molecule has 0 saturated carbocycles. The third-order valence-corrected chi connectivity index (χ3v) is 3.81. The molecule has 0 aliphatic rings. The highest BCUT2D eigenvalue weighted by molar-refractivity contribution is 9.10. The van der Waals surface area contributed by atoms with E-state index >= 15 is 0 Å². The third-order valence-electron chi connectivity index (χ3n) is 2.41. The van der Waals surface area contributed by atoms with Crippen molar-refractivity contribution in [3.63, 3.8) is 0 Å². The smallest absolute Gasteiger partial charge is 0.172 e. The average molecular weight is 325 g/mol. The molecule has 2 nitrogen and oxygen atoms in total. The molecule has 0 aliphatic heterocycles. The number of hydrogen-bond acceptors (Lipinski definition) is 3. The van der Waals surface area contributed by atoms with Crippen LogP contribution < -0.4 is 4.74 Å². The second-order valence-corrected chi connectivity index (χ2v) is 5.67. The third kappa shape index (κ3) is 3.96. The molecule has 0 saturated heterocycles. The van der Waals surface area contributed by atoms with Crippen LogP contribution in [0.1, 0.15) is 22.5 Å². The number of thiophene rings is 1. The maximum absolute atomic E-state index is 11.7. The van der Waals surface area contributed by atoms with Crippen LogP contribution in [0.4, 0.5) is 0 Å². The molecule has 1 heterocycles. The van der Waals surface area contributed by atoms with E-state index in [0.717, 1.165) is 21.5 Å². The van der Waals surface area contributed by atoms with E-state index in [4.69, 9.17) is 4.74 Å². The minimum atomic E-state index is 0.197. The van der Waals surface area contributed by atoms with Crippen LogP contribution in [-0.4, -0.2) is 12.4 Å². The maximum Gasteiger partial charge on any atom is 0.172 e. The molecule has 1 aromatic heterocycles. The lowest BCUT2D eigenvalue weighted by Crippen LogP contribution is -2.02. The van der Waals surface area contributed by atoms with Gasteiger partial charge in [-0.3, -0.25) is 4.79 Å². The second kappa shape index (κ2) is 6.71. The van der Waals surface area contributed by atoms with E-state index in [9.17, 15) is 4.79 Å². The lowest BCUT2D eigenvalue weighted by Gasteiger charge is -2.05. The highest BCUT2D eigenvalue weighted by Crippen LogP contribution is 2.18. The Morgan fingerprint density at radius 3 is 2.89 bits per heavy atom. The first-order valence-electron chi connectivity index (χ1n) is 5.71. The average Bonchev–Trinajstić information content (AvgIpc) is 2.88. The fourth-order valence-electron chi connectivity index (χ4n) is 1.54. The van der Waals surface area contributed by atoms with Gasteiger partial charge in [0.05, 0.1) is 11.5 Å². The number of Topliss-reactive ketones (excluding diaryl/α,β-unsaturated/α-hetero) is 1. The minimum Gasteiger partial charge on any atom is -0.494 e. The quantitative estimate of drug-likeness (QED) is 0.575. The fourth-order valence-corrected chi connectivity index (χ4v) is 2.61. The summed E-state index contributed by atoms with van der Waals surface area (Å²) in [4.78, 5) is 12.5. The van der Waals surface area contributed by atoms with E-state index < -0.39 is 0 Å². The first kappa shape index (κ1) is 13.3. The van der Waals surface area contributed by atoms with Crippen LogP contribution in [0.25, 0.3) is 0 Å². The Morgan fingerprint density at radius 2 is 2.17 bits per heavy atom. The number of carbonyl (C=O) groups is 1. The summed E-state index contributed by atoms with van der Waals surface area (Å²) in [6.45, 7) is 0.563. The van der Waals surface area contributed by atoms with Crippen LogP contribution in [-0.2, 0) is 0 Å². The lowest BCUT2D eigenvalue weighted by atomic mass is 10.2. The SMILES string of the molecule is O=C(CCCOc1cccc(Br)c1)c1cccs1. The Balaban J connectivity index is 1.72. The summed E-state index contributed by atoms with van der Waals surface area (Å²) in [5.41, 5.74) is 0. The zero-order valence-corrected chi connectivity index (χ0v) is 12.2. The number of rotatable bonds is 6. The number of ketones is 1. The van der Waals surface area contributed by atoms with E-state index in [2.05, 4.69) is 15.9 Å². The minimum absolute atomic E-state index is 0.197. The molecule has 2 aromatic rings. The molecule has 0 aliphatic carbocycles. The summed E-state index contributed by atoms with van der Waals surface area (Å²) in [6, 6.07) is 11.5. The van der Waals surface area contributed by atoms with Gasteiger partial charge in [0.1, 0.15) is 5.75 Å². The Labute approximate surface area is 119 Å². The Bertz CT molecular complexity index is 508. The van der Waals surface area contributed by atoms with Crippen LogP contribution in [0.5, 0.6) is 5.75 Å². The van der Waals surface area contributed by atoms with Crippen molar-refractivity contribution >= 4 is 33.0 Å². The number of halogens is 1. The zero-order chi connectivity index (χ0) is 12.8. The van der Waals surface area contributed by atoms with Gasteiger partial charge in [-0.2, -0.15) is 0 Å². The molecule has 0 bridgehead atoms. The van der Waals surface area contributed by atoms with Crippen LogP contribution in [0.3, 0.4) is 0 Å². The highest BCUT2D eigenvalue weighted by Gasteiger charge is 2.06. The second-order valence-electron chi connectivity index (χ2n) is 3.81. The van der Waals surface area contributed by atoms with Gasteiger partial charge in [0, 0.05) is 10.9 Å². The number of benzene rings is 1. The number of carbonyl (C=O) groups excluding carboxylic acids is 1. The predicted octanol–water partition coefficient (Wildman–Crippen LogP) is 4.55. The van der Waals surface area contributed by atoms with Gasteiger partial charge in [0.25, 0.3) is 0 Å². The first-order chi connectivity index (χ1) is 8.75. The van der Waals surface area contributed by atoms with Crippen molar-refractivity contribution < 1.29 is 9.53 Å². The van der Waals surface area contributed by atoms with Gasteiger partial charge >= 0.3 is 0 Å². The largest absolute Gasteiger partial charge is 0.494 e. The van der Waals surface area contributed by atoms with Gasteiger partial charge in [-0.15, -0.1) is 11.3 Å². The Kier molecular flexibility index (Phi) is 4.96. The molecule has 1 aromatic carbocycles. The van der Waals surface area contributed by atoms with Gasteiger partial charge in [-0.05, 0) is 36.1 Å². The van der Waals surface area contributed by atoms with Crippen LogP contribution in [0.2, 0.25) is 0 Å². The van der Waals surface area contributed by atoms with Crippen molar-refractivity contribution in [3.05, 3.63) is 51.1 Å². The topological polar surface area (TPSA) is 26.3 Å². The molecule has 0 amide bonds. The summed E-state index contributed by atoms with van der Waals surface area (Å²) in [5.74, 6) is 1.02. The van der Waals surface area contributed by atoms with Gasteiger partial charge in [0.2, 0.25) is 0 Å². The summed E-state index contributed by atoms with van der Waals surface area (Å²) in [6.07, 6.45) is 1.28. The van der Waals surface area contributed by atoms with Crippen molar-refractivity contribution in [2.75, 3.05) is 6.61 Å². The van der Waals surface area contributed by atoms with Gasteiger partial charge < -0.3 is 4.74 Å². The van der Waals surface area contributed by atoms with E-state index in [1.807, 2.05) is 41.8 Å². The van der Waals surface area contributed by atoms with Gasteiger partial charge in [0.15, 0.2) is 5.78 Å². The van der Waals surface area contributed by atoms with Crippen LogP contribution in [0.15, 0.2) is 46.3 Å². The molecule has 18 heavy (non-hydrogen) atoms. The molecule has 0 unspecified atom stereocenters. The summed E-state index contributed by atoms with van der Waals surface area (Å²) >= 11 is 4.88. The van der Waals surface area contributed by atoms with Crippen molar-refractivity contribution in [1.82, 2.24) is 0 Å². The Morgan fingerprint density at radius 1 is 1.28 bits per heavy atom. The normalized spacial score (nSPS) is 10.3. The number of ether oxygens (including phenoxy) is 1. The Hall–Kier alpha value is -1.13. The zero-order valence-electron chi connectivity index (χ0n) is 9.77. The predicted molar refractivity (Wildman–Crippen MR) is 77.5 cm³/mol. The van der Waals surface area contributed by atoms with Crippen molar-refractivity contribution in [3.8, 4) is 5.75 Å². The van der Waals surface area contributed by atoms with Crippen molar-refractivity contribution in [2.24, 2.45) is 0 Å². The number of hydrogen-bond donors (Lipinski definition) is 0. The van der Waals surface area contributed by atoms with E-state index in [0.29, 0.717) is 13.0 Å². The summed E-state index contributed by atoms with van der Waals surface area (Å²) in [5, 5.41) is 1.92. The van der Waals surface area contributed by atoms with Gasteiger partial charge in [-0.25, -0.2) is 0 Å². The van der Waals surface area contributed by atoms with E-state index in [1.54, 1.807) is 0 Å². The molecule has 2 rings (SSSR count). The van der Waals surface area contributed by atoms with E-state index in [1.165, 1.54) is 11.3 Å². The van der Waals surface area contributed by atoms with Crippen LogP contribution >= 0.6 is 27.3 Å². The molecule has 0 radical (unpaired) electrons. The molecular formula is C14H13BrO2S. The van der Waals surface area contributed by atoms with Gasteiger partial charge in [-0.1, -0.05) is 28.1 Å². The molecule has 4 heteroatoms. The molecule has 94 valence electrons. The van der Waals surface area contributed by atoms with Crippen molar-refractivity contribution in [1.29, 1.82) is 0 Å². The summed E-state index contributed by atoms with van der Waals surface area (Å²) in [7, 11) is 0. The molecule has 0 spiro atoms. The lowest BCUT2D eigenvalue weighted by molar-refractivity contribution is 0.0977. The highest BCUT2D eigenvalue weighted by atomic mass is 79.9. The van der Waals surface area contributed by atoms with E-state index in [-0.39, 0.29) is 5.78 Å². The standard InChI is InChI=1S/C14H13BrO2S/c15-11-4-1-5-12(10-11)17-8-2-6-13(16)14-7-3-9-18-14/h1,3-5,7,9-10H,2,6,8H2. The molecular weight excluding hydrogens is 312 g/mol. The molecule has 0 fully saturated rings. The first-order valence-corrected chi connectivity index (χ1v) is 7.38. The fraction of sp³-hybridized carbons (Fsp3) is 0.214.